The van der Waals surface area contributed by atoms with Gasteiger partial charge in [-0.2, -0.15) is 0 Å². The molecule has 500 valence electrons. The molecule has 7 atom stereocenters. The van der Waals surface area contributed by atoms with Crippen LogP contribution in [0.3, 0.4) is 0 Å². The van der Waals surface area contributed by atoms with E-state index in [1.807, 2.05) is 6.08 Å². The van der Waals surface area contributed by atoms with Gasteiger partial charge in [-0.15, -0.1) is 0 Å². The summed E-state index contributed by atoms with van der Waals surface area (Å²) in [5.74, 6) is -0.188. The van der Waals surface area contributed by atoms with E-state index in [0.29, 0.717) is 6.42 Å². The van der Waals surface area contributed by atoms with Crippen LogP contribution in [0.2, 0.25) is 0 Å². The number of hydrogen-bond acceptors (Lipinski definition) is 8. The van der Waals surface area contributed by atoms with Crippen molar-refractivity contribution in [3.63, 3.8) is 0 Å². The van der Waals surface area contributed by atoms with Gasteiger partial charge in [-0.1, -0.05) is 336 Å². The molecule has 0 spiro atoms. The molecule has 6 N–H and O–H groups in total. The quantitative estimate of drug-likeness (QED) is 0.0261. The van der Waals surface area contributed by atoms with E-state index in [1.54, 1.807) is 6.08 Å². The van der Waals surface area contributed by atoms with Gasteiger partial charge in [0.25, 0.3) is 0 Å². The summed E-state index contributed by atoms with van der Waals surface area (Å²) < 4.78 is 11.3. The molecule has 0 aromatic heterocycles. The van der Waals surface area contributed by atoms with Crippen molar-refractivity contribution in [3.05, 3.63) is 85.1 Å². The highest BCUT2D eigenvalue weighted by molar-refractivity contribution is 5.76. The van der Waals surface area contributed by atoms with Gasteiger partial charge in [0.2, 0.25) is 5.91 Å². The molecule has 1 aliphatic heterocycles. The second kappa shape index (κ2) is 65.3. The standard InChI is InChI=1S/C77H139NO8/c1-3-5-7-9-11-13-15-17-19-21-23-25-27-29-31-33-35-37-38-40-42-44-46-48-50-52-54-56-58-60-62-64-66-71(80)70(69-85-77-76(84)75(83)74(82)72(68-79)86-77)78-73(81)67-65-63-61-59-57-55-53-51-49-47-45-43-41-39-36-34-32-30-28-26-24-22-20-18-16-14-12-10-8-6-4-2/h6,8,12,14,18,20,24,26,48,50,56,58,64,66,70-72,74-77,79-80,82-84H,3-5,7,9-11,13,15-17,19,21-23,25,27-47,49,51-55,57,59-63,65,67-69H2,1-2H3,(H,78,81)/b8-6-,14-12-,20-18-,26-24-,50-48+,58-56+,66-64+. The Bertz CT molecular complexity index is 1640. The van der Waals surface area contributed by atoms with E-state index in [1.165, 1.54) is 250 Å². The van der Waals surface area contributed by atoms with Crippen LogP contribution in [0.5, 0.6) is 0 Å². The smallest absolute Gasteiger partial charge is 0.220 e. The molecule has 1 amide bonds. The van der Waals surface area contributed by atoms with E-state index >= 15 is 0 Å². The second-order valence-electron chi connectivity index (χ2n) is 25.3. The Morgan fingerprint density at radius 2 is 0.733 bits per heavy atom. The number of hydrogen-bond donors (Lipinski definition) is 6. The second-order valence-corrected chi connectivity index (χ2v) is 25.3. The van der Waals surface area contributed by atoms with Crippen LogP contribution in [0.1, 0.15) is 341 Å². The van der Waals surface area contributed by atoms with Gasteiger partial charge in [-0.25, -0.2) is 0 Å². The highest BCUT2D eigenvalue weighted by Crippen LogP contribution is 2.23. The Hall–Kier alpha value is -2.63. The van der Waals surface area contributed by atoms with Crippen LogP contribution in [0.4, 0.5) is 0 Å². The zero-order chi connectivity index (χ0) is 62.1. The number of ether oxygens (including phenoxy) is 2. The molecule has 7 unspecified atom stereocenters. The van der Waals surface area contributed by atoms with E-state index in [4.69, 9.17) is 9.47 Å². The van der Waals surface area contributed by atoms with Gasteiger partial charge in [-0.05, 0) is 83.5 Å². The zero-order valence-electron chi connectivity index (χ0n) is 56.1. The number of rotatable bonds is 64. The number of carbonyl (C=O) groups is 1. The van der Waals surface area contributed by atoms with Crippen LogP contribution in [-0.2, 0) is 14.3 Å². The lowest BCUT2D eigenvalue weighted by Crippen LogP contribution is -2.60. The Morgan fingerprint density at radius 3 is 1.12 bits per heavy atom. The van der Waals surface area contributed by atoms with Gasteiger partial charge in [0.05, 0.1) is 25.4 Å². The number of carbonyl (C=O) groups excluding carboxylic acids is 1. The van der Waals surface area contributed by atoms with Crippen LogP contribution >= 0.6 is 0 Å². The Balaban J connectivity index is 2.14. The lowest BCUT2D eigenvalue weighted by molar-refractivity contribution is -0.302. The van der Waals surface area contributed by atoms with Crippen molar-refractivity contribution in [2.24, 2.45) is 0 Å². The predicted molar refractivity (Wildman–Crippen MR) is 368 cm³/mol. The first-order chi connectivity index (χ1) is 42.3. The molecule has 0 aromatic rings. The SMILES string of the molecule is CC/C=C\C/C=C\C/C=C\C/C=C\CCCCCCCCCCCCCCCCCCCCC(=O)NC(COC1OC(CO)C(O)C(O)C1O)C(O)/C=C/CC/C=C/CC/C=C/CCCCCCCCCCCCCCCCCCCCCCCC. The molecule has 9 heteroatoms. The third-order valence-electron chi connectivity index (χ3n) is 17.2. The number of amides is 1. The summed E-state index contributed by atoms with van der Waals surface area (Å²) in [5, 5.41) is 54.8. The van der Waals surface area contributed by atoms with Gasteiger partial charge >= 0.3 is 0 Å². The van der Waals surface area contributed by atoms with Crippen molar-refractivity contribution in [1.29, 1.82) is 0 Å². The molecule has 1 saturated heterocycles. The Morgan fingerprint density at radius 1 is 0.407 bits per heavy atom. The molecule has 86 heavy (non-hydrogen) atoms. The van der Waals surface area contributed by atoms with E-state index in [-0.39, 0.29) is 12.5 Å². The van der Waals surface area contributed by atoms with Crippen molar-refractivity contribution < 1.29 is 39.8 Å². The molecule has 0 radical (unpaired) electrons. The summed E-state index contributed by atoms with van der Waals surface area (Å²) in [6, 6.07) is -0.833. The first kappa shape index (κ1) is 81.4. The lowest BCUT2D eigenvalue weighted by atomic mass is 9.99. The zero-order valence-corrected chi connectivity index (χ0v) is 56.1. The average Bonchev–Trinajstić information content (AvgIpc) is 3.59. The molecular weight excluding hydrogens is 1070 g/mol. The summed E-state index contributed by atoms with van der Waals surface area (Å²) in [6.45, 7) is 3.69. The molecule has 9 nitrogen and oxygen atoms in total. The fraction of sp³-hybridized carbons (Fsp3) is 0.805. The van der Waals surface area contributed by atoms with E-state index in [2.05, 4.69) is 92.1 Å². The fourth-order valence-electron chi connectivity index (χ4n) is 11.5. The molecule has 1 rings (SSSR count). The van der Waals surface area contributed by atoms with Crippen LogP contribution in [0.15, 0.2) is 85.1 Å². The first-order valence-corrected chi connectivity index (χ1v) is 36.8. The molecule has 0 bridgehead atoms. The number of unbranched alkanes of at least 4 members (excludes halogenated alkanes) is 42. The van der Waals surface area contributed by atoms with E-state index < -0.39 is 49.5 Å². The normalized spacial score (nSPS) is 18.5. The number of aliphatic hydroxyl groups excluding tert-OH is 5. The van der Waals surface area contributed by atoms with Crippen molar-refractivity contribution in [2.75, 3.05) is 13.2 Å². The topological polar surface area (TPSA) is 149 Å². The molecular formula is C77H139NO8. The van der Waals surface area contributed by atoms with Crippen molar-refractivity contribution in [2.45, 2.75) is 384 Å². The average molecular weight is 1210 g/mol. The monoisotopic (exact) mass is 1210 g/mol. The van der Waals surface area contributed by atoms with Gasteiger partial charge in [0, 0.05) is 6.42 Å². The number of nitrogens with one attached hydrogen (secondary N) is 1. The number of aliphatic hydroxyl groups is 5. The third-order valence-corrected chi connectivity index (χ3v) is 17.2. The van der Waals surface area contributed by atoms with Gasteiger partial charge in [0.15, 0.2) is 6.29 Å². The molecule has 0 aromatic carbocycles. The third kappa shape index (κ3) is 53.2. The lowest BCUT2D eigenvalue weighted by Gasteiger charge is -2.40. The maximum absolute atomic E-state index is 13.1. The van der Waals surface area contributed by atoms with E-state index in [0.717, 1.165) is 70.6 Å². The first-order valence-electron chi connectivity index (χ1n) is 36.8. The minimum atomic E-state index is -1.58. The largest absolute Gasteiger partial charge is 0.394 e. The number of allylic oxidation sites excluding steroid dienone is 13. The van der Waals surface area contributed by atoms with Gasteiger partial charge in [-0.3, -0.25) is 4.79 Å². The Kier molecular flexibility index (Phi) is 61.8. The summed E-state index contributed by atoms with van der Waals surface area (Å²) in [5.41, 5.74) is 0. The molecule has 0 saturated carbocycles. The molecule has 0 aliphatic carbocycles. The minimum absolute atomic E-state index is 0.188. The van der Waals surface area contributed by atoms with Crippen LogP contribution in [-0.4, -0.2) is 87.5 Å². The predicted octanol–water partition coefficient (Wildman–Crippen LogP) is 20.5. The summed E-state index contributed by atoms with van der Waals surface area (Å²) >= 11 is 0. The van der Waals surface area contributed by atoms with Gasteiger partial charge < -0.3 is 40.3 Å². The molecule has 1 heterocycles. The summed E-state index contributed by atoms with van der Waals surface area (Å²) in [4.78, 5) is 13.1. The van der Waals surface area contributed by atoms with Crippen LogP contribution in [0, 0.1) is 0 Å². The highest BCUT2D eigenvalue weighted by Gasteiger charge is 2.44. The summed E-state index contributed by atoms with van der Waals surface area (Å²) in [7, 11) is 0. The highest BCUT2D eigenvalue weighted by atomic mass is 16.7. The Labute approximate surface area is 531 Å². The summed E-state index contributed by atoms with van der Waals surface area (Å²) in [6.07, 6.45) is 87.1. The van der Waals surface area contributed by atoms with E-state index in [9.17, 15) is 30.3 Å². The van der Waals surface area contributed by atoms with Crippen LogP contribution < -0.4 is 5.32 Å². The maximum Gasteiger partial charge on any atom is 0.220 e. The fourth-order valence-corrected chi connectivity index (χ4v) is 11.5. The molecule has 1 aliphatic rings. The maximum atomic E-state index is 13.1. The van der Waals surface area contributed by atoms with Gasteiger partial charge in [0.1, 0.15) is 24.4 Å². The van der Waals surface area contributed by atoms with Crippen molar-refractivity contribution in [3.8, 4) is 0 Å². The van der Waals surface area contributed by atoms with Crippen molar-refractivity contribution in [1.82, 2.24) is 5.32 Å². The minimum Gasteiger partial charge on any atom is -0.394 e. The van der Waals surface area contributed by atoms with Crippen molar-refractivity contribution >= 4 is 5.91 Å². The molecule has 1 fully saturated rings. The van der Waals surface area contributed by atoms with Crippen LogP contribution in [0.25, 0.3) is 0 Å².